The molecule has 5 fully saturated rings. The molecule has 3 N–H and O–H groups in total. The number of rotatable bonds is 7. The van der Waals surface area contributed by atoms with Gasteiger partial charge in [0.1, 0.15) is 5.78 Å². The van der Waals surface area contributed by atoms with Crippen LogP contribution in [0.15, 0.2) is 24.3 Å². The van der Waals surface area contributed by atoms with E-state index < -0.39 is 0 Å². The van der Waals surface area contributed by atoms with E-state index in [0.29, 0.717) is 55.3 Å². The molecule has 176 valence electrons. The predicted molar refractivity (Wildman–Crippen MR) is 126 cm³/mol. The summed E-state index contributed by atoms with van der Waals surface area (Å²) in [5.41, 5.74) is 7.21. The molecule has 1 aliphatic heterocycles. The average Bonchev–Trinajstić information content (AvgIpc) is 3.60. The molecule has 0 spiro atoms. The fraction of sp³-hybridized carbons (Fsp3) is 0.667. The van der Waals surface area contributed by atoms with Gasteiger partial charge in [0.2, 0.25) is 11.8 Å². The van der Waals surface area contributed by atoms with Gasteiger partial charge in [-0.2, -0.15) is 0 Å². The van der Waals surface area contributed by atoms with Crippen LogP contribution in [-0.2, 0) is 14.4 Å². The van der Waals surface area contributed by atoms with Crippen molar-refractivity contribution < 1.29 is 14.4 Å². The van der Waals surface area contributed by atoms with Gasteiger partial charge in [0.05, 0.1) is 11.4 Å². The highest BCUT2D eigenvalue weighted by Crippen LogP contribution is 2.63. The number of amides is 2. The number of Topliss-reactive ketones (excluding diaryl/α,β-unsaturated/α-hetero) is 1. The third-order valence-corrected chi connectivity index (χ3v) is 9.82. The number of hydrogen-bond acceptors (Lipinski definition) is 4. The van der Waals surface area contributed by atoms with Crippen LogP contribution in [0, 0.1) is 34.5 Å². The molecular weight excluding hydrogens is 414 g/mol. The molecule has 0 radical (unpaired) electrons. The Kier molecular flexibility index (Phi) is 4.86. The summed E-state index contributed by atoms with van der Waals surface area (Å²) in [7, 11) is 0. The molecule has 6 aliphatic rings. The Bertz CT molecular complexity index is 984. The Hall–Kier alpha value is -2.37. The minimum atomic E-state index is -0.292. The van der Waals surface area contributed by atoms with Crippen molar-refractivity contribution in [1.29, 1.82) is 0 Å². The first-order chi connectivity index (χ1) is 15.9. The Morgan fingerprint density at radius 3 is 2.48 bits per heavy atom. The summed E-state index contributed by atoms with van der Waals surface area (Å²) in [5.74, 6) is 2.37. The second-order valence-electron chi connectivity index (χ2n) is 11.7. The van der Waals surface area contributed by atoms with Gasteiger partial charge >= 0.3 is 0 Å². The number of primary amides is 1. The molecule has 1 heterocycles. The van der Waals surface area contributed by atoms with Crippen LogP contribution in [-0.4, -0.2) is 30.7 Å². The standard InChI is InChI=1S/C27H35N3O3/c28-25(33)27-14-17-11-18(15-27)20(19(12-17)16-27)13-23(31)26(7-8-26)6-5-24(32)30-10-9-29-21-3-1-2-4-22(21)30/h1-4,17-20,29H,5-16H2,(H2,28,33). The number of benzene rings is 1. The first-order valence-electron chi connectivity index (χ1n) is 12.9. The molecule has 5 saturated carbocycles. The number of anilines is 2. The molecule has 1 aromatic carbocycles. The molecule has 5 aliphatic carbocycles. The molecule has 33 heavy (non-hydrogen) atoms. The summed E-state index contributed by atoms with van der Waals surface area (Å²) < 4.78 is 0. The lowest BCUT2D eigenvalue weighted by Crippen LogP contribution is -2.56. The molecule has 0 aromatic heterocycles. The molecule has 2 unspecified atom stereocenters. The molecule has 6 heteroatoms. The summed E-state index contributed by atoms with van der Waals surface area (Å²) in [6, 6.07) is 7.94. The van der Waals surface area contributed by atoms with Gasteiger partial charge in [0.25, 0.3) is 0 Å². The molecule has 2 atom stereocenters. The van der Waals surface area contributed by atoms with Crippen LogP contribution >= 0.6 is 0 Å². The maximum absolute atomic E-state index is 13.5. The summed E-state index contributed by atoms with van der Waals surface area (Å²) in [4.78, 5) is 40.7. The fourth-order valence-corrected chi connectivity index (χ4v) is 8.04. The summed E-state index contributed by atoms with van der Waals surface area (Å²) >= 11 is 0. The Morgan fingerprint density at radius 2 is 1.79 bits per heavy atom. The predicted octanol–water partition coefficient (Wildman–Crippen LogP) is 3.89. The van der Waals surface area contributed by atoms with Gasteiger partial charge in [-0.05, 0) is 87.2 Å². The van der Waals surface area contributed by atoms with Crippen molar-refractivity contribution >= 4 is 29.0 Å². The van der Waals surface area contributed by atoms with E-state index in [9.17, 15) is 14.4 Å². The van der Waals surface area contributed by atoms with Crippen LogP contribution in [0.2, 0.25) is 0 Å². The van der Waals surface area contributed by atoms with Crippen LogP contribution in [0.4, 0.5) is 11.4 Å². The summed E-state index contributed by atoms with van der Waals surface area (Å²) in [5, 5.41) is 3.35. The Labute approximate surface area is 195 Å². The number of carbonyl (C=O) groups excluding carboxylic acids is 3. The highest BCUT2D eigenvalue weighted by molar-refractivity contribution is 5.98. The monoisotopic (exact) mass is 449 g/mol. The van der Waals surface area contributed by atoms with E-state index in [1.807, 2.05) is 29.2 Å². The average molecular weight is 450 g/mol. The third kappa shape index (κ3) is 3.48. The van der Waals surface area contributed by atoms with E-state index in [0.717, 1.165) is 62.9 Å². The number of nitrogens with one attached hydrogen (secondary N) is 1. The Balaban J connectivity index is 1.09. The molecule has 7 rings (SSSR count). The van der Waals surface area contributed by atoms with E-state index in [2.05, 4.69) is 5.32 Å². The topological polar surface area (TPSA) is 92.5 Å². The number of carbonyl (C=O) groups is 3. The van der Waals surface area contributed by atoms with Crippen molar-refractivity contribution in [3.05, 3.63) is 24.3 Å². The zero-order valence-electron chi connectivity index (χ0n) is 19.4. The quantitative estimate of drug-likeness (QED) is 0.660. The smallest absolute Gasteiger partial charge is 0.227 e. The highest BCUT2D eigenvalue weighted by atomic mass is 16.2. The normalized spacial score (nSPS) is 35.0. The second kappa shape index (κ2) is 7.57. The molecule has 4 bridgehead atoms. The van der Waals surface area contributed by atoms with Crippen molar-refractivity contribution in [3.8, 4) is 0 Å². The summed E-state index contributed by atoms with van der Waals surface area (Å²) in [6.07, 6.45) is 8.67. The summed E-state index contributed by atoms with van der Waals surface area (Å²) in [6.45, 7) is 1.43. The zero-order valence-corrected chi connectivity index (χ0v) is 19.4. The number of para-hydroxylation sites is 2. The van der Waals surface area contributed by atoms with Crippen LogP contribution in [0.1, 0.15) is 64.2 Å². The minimum absolute atomic E-state index is 0.113. The van der Waals surface area contributed by atoms with E-state index in [-0.39, 0.29) is 22.6 Å². The van der Waals surface area contributed by atoms with Gasteiger partial charge in [-0.25, -0.2) is 0 Å². The second-order valence-corrected chi connectivity index (χ2v) is 11.7. The van der Waals surface area contributed by atoms with Crippen molar-refractivity contribution in [2.45, 2.75) is 64.2 Å². The van der Waals surface area contributed by atoms with E-state index >= 15 is 0 Å². The van der Waals surface area contributed by atoms with Crippen LogP contribution in [0.25, 0.3) is 0 Å². The van der Waals surface area contributed by atoms with E-state index in [1.165, 1.54) is 0 Å². The van der Waals surface area contributed by atoms with Gasteiger partial charge in [-0.15, -0.1) is 0 Å². The van der Waals surface area contributed by atoms with E-state index in [4.69, 9.17) is 5.73 Å². The molecule has 6 nitrogen and oxygen atoms in total. The maximum atomic E-state index is 13.5. The van der Waals surface area contributed by atoms with E-state index in [1.54, 1.807) is 0 Å². The lowest BCUT2D eigenvalue weighted by Gasteiger charge is -2.59. The molecular formula is C27H35N3O3. The zero-order chi connectivity index (χ0) is 22.8. The SMILES string of the molecule is NC(=O)C12CC3CC(C1)C(CC(=O)C1(CCC(=O)N4CCNc5ccccc54)CC1)C(C3)C2. The third-order valence-electron chi connectivity index (χ3n) is 9.82. The first kappa shape index (κ1) is 21.2. The van der Waals surface area contributed by atoms with Crippen LogP contribution in [0.3, 0.4) is 0 Å². The lowest BCUT2D eigenvalue weighted by molar-refractivity contribution is -0.152. The number of hydrogen-bond donors (Lipinski definition) is 2. The molecule has 2 amide bonds. The Morgan fingerprint density at radius 1 is 1.06 bits per heavy atom. The van der Waals surface area contributed by atoms with Crippen molar-refractivity contribution in [3.63, 3.8) is 0 Å². The highest BCUT2D eigenvalue weighted by Gasteiger charge is 2.59. The molecule has 1 aromatic rings. The van der Waals surface area contributed by atoms with Crippen molar-refractivity contribution in [1.82, 2.24) is 0 Å². The van der Waals surface area contributed by atoms with Crippen LogP contribution in [0.5, 0.6) is 0 Å². The number of ketones is 1. The first-order valence-corrected chi connectivity index (χ1v) is 12.9. The van der Waals surface area contributed by atoms with Crippen LogP contribution < -0.4 is 16.0 Å². The maximum Gasteiger partial charge on any atom is 0.227 e. The number of nitrogens with zero attached hydrogens (tertiary/aromatic N) is 1. The van der Waals surface area contributed by atoms with Gasteiger partial charge < -0.3 is 16.0 Å². The largest absolute Gasteiger partial charge is 0.382 e. The number of fused-ring (bicyclic) bond motifs is 1. The lowest BCUT2D eigenvalue weighted by atomic mass is 9.45. The van der Waals surface area contributed by atoms with Gasteiger partial charge in [0.15, 0.2) is 0 Å². The molecule has 0 saturated heterocycles. The van der Waals surface area contributed by atoms with Gasteiger partial charge in [-0.3, -0.25) is 14.4 Å². The fourth-order valence-electron chi connectivity index (χ4n) is 8.04. The van der Waals surface area contributed by atoms with Gasteiger partial charge in [-0.1, -0.05) is 12.1 Å². The van der Waals surface area contributed by atoms with Gasteiger partial charge in [0, 0.05) is 36.8 Å². The van der Waals surface area contributed by atoms with Crippen molar-refractivity contribution in [2.75, 3.05) is 23.3 Å². The number of nitrogens with two attached hydrogens (primary N) is 1. The van der Waals surface area contributed by atoms with Crippen molar-refractivity contribution in [2.24, 2.45) is 40.2 Å². The minimum Gasteiger partial charge on any atom is -0.382 e.